The third-order valence-corrected chi connectivity index (χ3v) is 5.03. The fraction of sp³-hybridized carbons (Fsp3) is 0.250. The van der Waals surface area contributed by atoms with Gasteiger partial charge in [0.1, 0.15) is 0 Å². The summed E-state index contributed by atoms with van der Waals surface area (Å²) >= 11 is 0. The van der Waals surface area contributed by atoms with Crippen molar-refractivity contribution in [3.63, 3.8) is 0 Å². The lowest BCUT2D eigenvalue weighted by Crippen LogP contribution is -2.40. The molecule has 5 heteroatoms. The first-order chi connectivity index (χ1) is 11.7. The molecule has 0 unspecified atom stereocenters. The first-order valence-electron chi connectivity index (χ1n) is 7.88. The van der Waals surface area contributed by atoms with Crippen molar-refractivity contribution < 1.29 is 18.0 Å². The summed E-state index contributed by atoms with van der Waals surface area (Å²) in [4.78, 5) is 14.6. The molecule has 3 rings (SSSR count). The molecule has 2 aromatic rings. The van der Waals surface area contributed by atoms with E-state index in [1.165, 1.54) is 12.1 Å². The monoisotopic (exact) mass is 345 g/mol. The van der Waals surface area contributed by atoms with E-state index in [-0.39, 0.29) is 5.91 Å². The van der Waals surface area contributed by atoms with Gasteiger partial charge in [-0.05, 0) is 36.2 Å². The van der Waals surface area contributed by atoms with E-state index in [0.29, 0.717) is 5.56 Å². The molecule has 0 radical (unpaired) electrons. The van der Waals surface area contributed by atoms with E-state index in [1.54, 1.807) is 18.0 Å². The molecule has 2 aromatic carbocycles. The highest BCUT2D eigenvalue weighted by atomic mass is 19.4. The number of hydrogen-bond acceptors (Lipinski definition) is 1. The van der Waals surface area contributed by atoms with E-state index >= 15 is 0 Å². The predicted molar refractivity (Wildman–Crippen MR) is 91.6 cm³/mol. The lowest BCUT2D eigenvalue weighted by atomic mass is 9.69. The molecule has 1 amide bonds. The fourth-order valence-electron chi connectivity index (χ4n) is 3.66. The van der Waals surface area contributed by atoms with Crippen molar-refractivity contribution in [1.29, 1.82) is 0 Å². The second-order valence-corrected chi connectivity index (χ2v) is 6.42. The van der Waals surface area contributed by atoms with Crippen LogP contribution in [0.1, 0.15) is 29.5 Å². The van der Waals surface area contributed by atoms with Crippen LogP contribution >= 0.6 is 0 Å². The number of benzene rings is 2. The predicted octanol–water partition coefficient (Wildman–Crippen LogP) is 4.91. The molecule has 0 aromatic heterocycles. The maximum absolute atomic E-state index is 13.0. The summed E-state index contributed by atoms with van der Waals surface area (Å²) in [5.41, 5.74) is 0.678. The third-order valence-electron chi connectivity index (χ3n) is 5.03. The number of rotatable bonds is 3. The Hall–Kier alpha value is -2.56. The number of likely N-dealkylation sites (N-methyl/N-ethyl adjacent to an activating group) is 1. The standard InChI is InChI=1S/C20H18F3NO/c1-4-15(13-9-11-14(12-10-13)20(21,22)23)19(2)16-7-5-6-8-17(16)24(3)18(19)25/h4-12,15H,1H2,2-3H3/t15-,19-/m1/s1. The highest BCUT2D eigenvalue weighted by molar-refractivity contribution is 6.08. The molecule has 0 saturated carbocycles. The Labute approximate surface area is 144 Å². The van der Waals surface area contributed by atoms with Crippen LogP contribution < -0.4 is 4.90 Å². The molecule has 0 saturated heterocycles. The first-order valence-corrected chi connectivity index (χ1v) is 7.88. The Morgan fingerprint density at radius 2 is 1.72 bits per heavy atom. The summed E-state index contributed by atoms with van der Waals surface area (Å²) in [6.45, 7) is 5.66. The molecule has 130 valence electrons. The van der Waals surface area contributed by atoms with Gasteiger partial charge >= 0.3 is 6.18 Å². The number of para-hydroxylation sites is 1. The Morgan fingerprint density at radius 3 is 2.28 bits per heavy atom. The molecule has 0 bridgehead atoms. The highest BCUT2D eigenvalue weighted by Crippen LogP contribution is 2.49. The van der Waals surface area contributed by atoms with E-state index in [2.05, 4.69) is 6.58 Å². The van der Waals surface area contributed by atoms with Crippen molar-refractivity contribution >= 4 is 11.6 Å². The smallest absolute Gasteiger partial charge is 0.314 e. The lowest BCUT2D eigenvalue weighted by Gasteiger charge is -2.31. The van der Waals surface area contributed by atoms with Gasteiger partial charge in [-0.1, -0.05) is 36.4 Å². The molecule has 1 heterocycles. The maximum atomic E-state index is 13.0. The van der Waals surface area contributed by atoms with E-state index in [9.17, 15) is 18.0 Å². The molecule has 25 heavy (non-hydrogen) atoms. The Kier molecular flexibility index (Phi) is 3.98. The van der Waals surface area contributed by atoms with Crippen LogP contribution in [0.5, 0.6) is 0 Å². The van der Waals surface area contributed by atoms with Crippen LogP contribution in [-0.4, -0.2) is 13.0 Å². The Morgan fingerprint density at radius 1 is 1.12 bits per heavy atom. The van der Waals surface area contributed by atoms with Crippen LogP contribution in [0.4, 0.5) is 18.9 Å². The minimum atomic E-state index is -4.39. The van der Waals surface area contributed by atoms with Crippen LogP contribution in [0.25, 0.3) is 0 Å². The number of hydrogen-bond donors (Lipinski definition) is 0. The van der Waals surface area contributed by atoms with Gasteiger partial charge in [0.05, 0.1) is 11.0 Å². The largest absolute Gasteiger partial charge is 0.416 e. The zero-order valence-corrected chi connectivity index (χ0v) is 14.0. The molecular weight excluding hydrogens is 327 g/mol. The van der Waals surface area contributed by atoms with Crippen molar-refractivity contribution in [2.75, 3.05) is 11.9 Å². The fourth-order valence-corrected chi connectivity index (χ4v) is 3.66. The molecule has 0 aliphatic carbocycles. The first kappa shape index (κ1) is 17.3. The van der Waals surface area contributed by atoms with Crippen molar-refractivity contribution in [3.8, 4) is 0 Å². The van der Waals surface area contributed by atoms with E-state index < -0.39 is 23.1 Å². The third kappa shape index (κ3) is 2.54. The molecule has 0 spiro atoms. The number of fused-ring (bicyclic) bond motifs is 1. The second-order valence-electron chi connectivity index (χ2n) is 6.42. The van der Waals surface area contributed by atoms with Crippen molar-refractivity contribution in [2.24, 2.45) is 0 Å². The maximum Gasteiger partial charge on any atom is 0.416 e. The number of nitrogens with zero attached hydrogens (tertiary/aromatic N) is 1. The molecule has 0 fully saturated rings. The number of anilines is 1. The van der Waals surface area contributed by atoms with Crippen LogP contribution in [-0.2, 0) is 16.4 Å². The molecule has 2 atom stereocenters. The van der Waals surface area contributed by atoms with Gasteiger partial charge in [0.25, 0.3) is 0 Å². The second kappa shape index (κ2) is 5.76. The summed E-state index contributed by atoms with van der Waals surface area (Å²) in [6, 6.07) is 12.4. The Balaban J connectivity index is 2.09. The van der Waals surface area contributed by atoms with Gasteiger partial charge in [0, 0.05) is 18.7 Å². The number of carbonyl (C=O) groups is 1. The SMILES string of the molecule is C=C[C@H](c1ccc(C(F)(F)F)cc1)[C@@]1(C)C(=O)N(C)c2ccccc21. The zero-order chi connectivity index (χ0) is 18.4. The van der Waals surface area contributed by atoms with Gasteiger partial charge in [-0.2, -0.15) is 13.2 Å². The molecule has 1 aliphatic heterocycles. The van der Waals surface area contributed by atoms with Crippen molar-refractivity contribution in [2.45, 2.75) is 24.4 Å². The van der Waals surface area contributed by atoms with E-state index in [1.807, 2.05) is 31.2 Å². The lowest BCUT2D eigenvalue weighted by molar-refractivity contribution is -0.137. The topological polar surface area (TPSA) is 20.3 Å². The minimum absolute atomic E-state index is 0.0986. The normalized spacial score (nSPS) is 21.2. The van der Waals surface area contributed by atoms with E-state index in [4.69, 9.17) is 0 Å². The minimum Gasteiger partial charge on any atom is -0.314 e. The summed E-state index contributed by atoms with van der Waals surface area (Å²) in [7, 11) is 1.71. The summed E-state index contributed by atoms with van der Waals surface area (Å²) < 4.78 is 38.4. The molecule has 2 nitrogen and oxygen atoms in total. The summed E-state index contributed by atoms with van der Waals surface area (Å²) in [6.07, 6.45) is -2.75. The zero-order valence-electron chi connectivity index (χ0n) is 14.0. The molecular formula is C20H18F3NO. The average Bonchev–Trinajstić information content (AvgIpc) is 2.78. The molecule has 1 aliphatic rings. The van der Waals surface area contributed by atoms with Gasteiger partial charge < -0.3 is 4.90 Å². The van der Waals surface area contributed by atoms with Crippen LogP contribution in [0.15, 0.2) is 61.2 Å². The number of amides is 1. The van der Waals surface area contributed by atoms with Crippen LogP contribution in [0.2, 0.25) is 0 Å². The van der Waals surface area contributed by atoms with Gasteiger partial charge in [-0.3, -0.25) is 4.79 Å². The van der Waals surface area contributed by atoms with Gasteiger partial charge in [0.2, 0.25) is 5.91 Å². The number of carbonyl (C=O) groups excluding carboxylic acids is 1. The summed E-state index contributed by atoms with van der Waals surface area (Å²) in [5, 5.41) is 0. The summed E-state index contributed by atoms with van der Waals surface area (Å²) in [5.74, 6) is -0.535. The molecule has 0 N–H and O–H groups in total. The van der Waals surface area contributed by atoms with E-state index in [0.717, 1.165) is 23.4 Å². The number of alkyl halides is 3. The van der Waals surface area contributed by atoms with Crippen molar-refractivity contribution in [1.82, 2.24) is 0 Å². The Bertz CT molecular complexity index is 826. The average molecular weight is 345 g/mol. The van der Waals surface area contributed by atoms with Crippen LogP contribution in [0.3, 0.4) is 0 Å². The van der Waals surface area contributed by atoms with Gasteiger partial charge in [-0.25, -0.2) is 0 Å². The number of allylic oxidation sites excluding steroid dienone is 1. The quantitative estimate of drug-likeness (QED) is 0.724. The van der Waals surface area contributed by atoms with Crippen LogP contribution in [0, 0.1) is 0 Å². The highest BCUT2D eigenvalue weighted by Gasteiger charge is 2.50. The van der Waals surface area contributed by atoms with Crippen molar-refractivity contribution in [3.05, 3.63) is 77.9 Å². The van der Waals surface area contributed by atoms with Gasteiger partial charge in [-0.15, -0.1) is 6.58 Å². The van der Waals surface area contributed by atoms with Gasteiger partial charge in [0.15, 0.2) is 0 Å². The number of halogens is 3.